The Morgan fingerprint density at radius 2 is 0.981 bits per heavy atom. The summed E-state index contributed by atoms with van der Waals surface area (Å²) in [7, 11) is -4.44. The fourth-order valence-electron chi connectivity index (χ4n) is 7.60. The standard InChI is InChI=1S/C43H37N3O6S/c1-24-19-30(20-25(2)39(24)44)43(31-21-26(3)40(45)27(4)22-31)37-8-6-5-7-35(37)36-18-17-34(23-38(36)43)53(51,52)46(32-13-9-28(10-14-32)41(47)48)33-15-11-29(12-16-33)42(49)50/h5-23H,44-45H2,1-4H3,(H,47,48)(H,49,50). The molecule has 0 heterocycles. The third-order valence-electron chi connectivity index (χ3n) is 10.3. The van der Waals surface area contributed by atoms with E-state index in [-0.39, 0.29) is 27.4 Å². The molecule has 0 saturated carbocycles. The molecule has 0 aromatic heterocycles. The zero-order valence-electron chi connectivity index (χ0n) is 29.5. The average molecular weight is 724 g/mol. The Labute approximate surface area is 307 Å². The normalized spacial score (nSPS) is 12.9. The van der Waals surface area contributed by atoms with Crippen molar-refractivity contribution in [1.82, 2.24) is 0 Å². The lowest BCUT2D eigenvalue weighted by Crippen LogP contribution is -2.31. The van der Waals surface area contributed by atoms with Gasteiger partial charge in [-0.1, -0.05) is 54.6 Å². The summed E-state index contributed by atoms with van der Waals surface area (Å²) in [4.78, 5) is 23.4. The van der Waals surface area contributed by atoms with Crippen molar-refractivity contribution in [3.63, 3.8) is 0 Å². The van der Waals surface area contributed by atoms with Crippen LogP contribution in [0.5, 0.6) is 0 Å². The predicted molar refractivity (Wildman–Crippen MR) is 208 cm³/mol. The van der Waals surface area contributed by atoms with Gasteiger partial charge >= 0.3 is 11.9 Å². The molecule has 0 saturated heterocycles. The van der Waals surface area contributed by atoms with Crippen LogP contribution in [0.2, 0.25) is 0 Å². The molecule has 6 N–H and O–H groups in total. The topological polar surface area (TPSA) is 164 Å². The maximum Gasteiger partial charge on any atom is 0.335 e. The number of hydrogen-bond acceptors (Lipinski definition) is 6. The molecule has 0 aliphatic heterocycles. The molecule has 7 rings (SSSR count). The third kappa shape index (κ3) is 5.50. The number of nitrogens with zero attached hydrogens (tertiary/aromatic N) is 1. The van der Waals surface area contributed by atoms with E-state index >= 15 is 8.42 Å². The van der Waals surface area contributed by atoms with E-state index in [1.165, 1.54) is 48.5 Å². The number of carboxylic acid groups (broad SMARTS) is 2. The highest BCUT2D eigenvalue weighted by molar-refractivity contribution is 7.93. The Balaban J connectivity index is 1.54. The highest BCUT2D eigenvalue weighted by atomic mass is 32.2. The van der Waals surface area contributed by atoms with Crippen LogP contribution in [0.15, 0.2) is 120 Å². The number of carboxylic acids is 2. The third-order valence-corrected chi connectivity index (χ3v) is 12.1. The van der Waals surface area contributed by atoms with E-state index in [4.69, 9.17) is 11.5 Å². The first-order chi connectivity index (χ1) is 25.2. The van der Waals surface area contributed by atoms with Crippen LogP contribution in [-0.2, 0) is 15.4 Å². The van der Waals surface area contributed by atoms with Crippen molar-refractivity contribution in [3.05, 3.63) is 171 Å². The molecule has 0 fully saturated rings. The SMILES string of the molecule is Cc1cc(C2(c3cc(C)c(N)c(C)c3)c3ccccc3-c3ccc(S(=O)(=O)N(c4ccc(C(=O)O)cc4)c4ccc(C(=O)O)cc4)cc32)cc(C)c1N. The van der Waals surface area contributed by atoms with E-state index in [9.17, 15) is 19.8 Å². The Bertz CT molecular complexity index is 2440. The van der Waals surface area contributed by atoms with E-state index in [2.05, 4.69) is 30.3 Å². The summed E-state index contributed by atoms with van der Waals surface area (Å²) in [6, 6.07) is 32.4. The molecule has 1 aliphatic rings. The van der Waals surface area contributed by atoms with Gasteiger partial charge in [0.05, 0.1) is 32.8 Å². The average Bonchev–Trinajstić information content (AvgIpc) is 3.43. The molecule has 0 bridgehead atoms. The largest absolute Gasteiger partial charge is 0.478 e. The van der Waals surface area contributed by atoms with Crippen molar-refractivity contribution in [2.24, 2.45) is 0 Å². The number of aryl methyl sites for hydroxylation is 4. The van der Waals surface area contributed by atoms with Gasteiger partial charge < -0.3 is 21.7 Å². The van der Waals surface area contributed by atoms with E-state index in [1.807, 2.05) is 52.0 Å². The molecule has 53 heavy (non-hydrogen) atoms. The molecule has 10 heteroatoms. The number of fused-ring (bicyclic) bond motifs is 3. The number of nitrogens with two attached hydrogens (primary N) is 2. The second kappa shape index (κ2) is 12.7. The van der Waals surface area contributed by atoms with Gasteiger partial charge in [0.2, 0.25) is 0 Å². The second-order valence-corrected chi connectivity index (χ2v) is 15.3. The zero-order valence-corrected chi connectivity index (χ0v) is 30.3. The highest BCUT2D eigenvalue weighted by Gasteiger charge is 2.47. The van der Waals surface area contributed by atoms with Gasteiger partial charge in [0.1, 0.15) is 0 Å². The molecular formula is C43H37N3O6S. The van der Waals surface area contributed by atoms with Crippen molar-refractivity contribution in [2.75, 3.05) is 15.8 Å². The number of anilines is 4. The number of hydrogen-bond donors (Lipinski definition) is 4. The fourth-order valence-corrected chi connectivity index (χ4v) is 9.12. The number of benzene rings is 6. The summed E-state index contributed by atoms with van der Waals surface area (Å²) in [5.74, 6) is -2.32. The van der Waals surface area contributed by atoms with Crippen LogP contribution in [0.4, 0.5) is 22.7 Å². The molecule has 266 valence electrons. The number of sulfonamides is 1. The van der Waals surface area contributed by atoms with Gasteiger partial charge in [-0.2, -0.15) is 0 Å². The summed E-state index contributed by atoms with van der Waals surface area (Å²) in [5.41, 5.74) is 22.6. The summed E-state index contributed by atoms with van der Waals surface area (Å²) in [6.45, 7) is 7.85. The molecule has 9 nitrogen and oxygen atoms in total. The first-order valence-electron chi connectivity index (χ1n) is 16.9. The minimum Gasteiger partial charge on any atom is -0.478 e. The van der Waals surface area contributed by atoms with Gasteiger partial charge in [0.15, 0.2) is 0 Å². The van der Waals surface area contributed by atoms with Crippen LogP contribution in [0.1, 0.15) is 65.2 Å². The fraction of sp³-hybridized carbons (Fsp3) is 0.116. The molecule has 0 spiro atoms. The number of aromatic carboxylic acids is 2. The Kier molecular flexibility index (Phi) is 8.38. The van der Waals surface area contributed by atoms with Gasteiger partial charge in [-0.15, -0.1) is 0 Å². The maximum absolute atomic E-state index is 15.1. The molecule has 0 radical (unpaired) electrons. The van der Waals surface area contributed by atoms with Crippen LogP contribution in [0, 0.1) is 27.7 Å². The lowest BCUT2D eigenvalue weighted by molar-refractivity contribution is 0.0686. The maximum atomic E-state index is 15.1. The van der Waals surface area contributed by atoms with Crippen LogP contribution in [0.25, 0.3) is 11.1 Å². The first kappa shape index (κ1) is 35.0. The van der Waals surface area contributed by atoms with E-state index in [0.29, 0.717) is 11.4 Å². The molecular weight excluding hydrogens is 687 g/mol. The lowest BCUT2D eigenvalue weighted by Gasteiger charge is -2.36. The van der Waals surface area contributed by atoms with Crippen molar-refractivity contribution in [1.29, 1.82) is 0 Å². The Morgan fingerprint density at radius 1 is 0.566 bits per heavy atom. The van der Waals surface area contributed by atoms with Crippen LogP contribution in [0.3, 0.4) is 0 Å². The summed E-state index contributed by atoms with van der Waals surface area (Å²) < 4.78 is 31.3. The number of rotatable bonds is 8. The van der Waals surface area contributed by atoms with Crippen LogP contribution in [-0.4, -0.2) is 30.6 Å². The molecule has 6 aromatic carbocycles. The quantitative estimate of drug-likeness (QED) is 0.114. The summed E-state index contributed by atoms with van der Waals surface area (Å²) in [5, 5.41) is 19.1. The number of nitrogen functional groups attached to an aromatic ring is 2. The van der Waals surface area contributed by atoms with Gasteiger partial charge in [0, 0.05) is 11.4 Å². The summed E-state index contributed by atoms with van der Waals surface area (Å²) in [6.07, 6.45) is 0. The van der Waals surface area contributed by atoms with Gasteiger partial charge in [-0.25, -0.2) is 22.3 Å². The molecule has 0 atom stereocenters. The Morgan fingerprint density at radius 3 is 1.42 bits per heavy atom. The minimum atomic E-state index is -4.44. The van der Waals surface area contributed by atoms with E-state index in [0.717, 1.165) is 59.9 Å². The molecule has 0 unspecified atom stereocenters. The van der Waals surface area contributed by atoms with Crippen molar-refractivity contribution >= 4 is 44.7 Å². The molecule has 0 amide bonds. The van der Waals surface area contributed by atoms with Crippen molar-refractivity contribution in [3.8, 4) is 11.1 Å². The van der Waals surface area contributed by atoms with Crippen molar-refractivity contribution in [2.45, 2.75) is 38.0 Å². The predicted octanol–water partition coefficient (Wildman–Crippen LogP) is 8.37. The second-order valence-electron chi connectivity index (χ2n) is 13.5. The first-order valence-corrected chi connectivity index (χ1v) is 18.3. The zero-order chi connectivity index (χ0) is 38.0. The number of carbonyl (C=O) groups is 2. The van der Waals surface area contributed by atoms with Crippen LogP contribution >= 0.6 is 0 Å². The lowest BCUT2D eigenvalue weighted by atomic mass is 9.66. The monoisotopic (exact) mass is 723 g/mol. The molecule has 1 aliphatic carbocycles. The van der Waals surface area contributed by atoms with Crippen LogP contribution < -0.4 is 15.8 Å². The Hall–Kier alpha value is -6.39. The van der Waals surface area contributed by atoms with E-state index in [1.54, 1.807) is 12.1 Å². The van der Waals surface area contributed by atoms with Crippen molar-refractivity contribution < 1.29 is 28.2 Å². The van der Waals surface area contributed by atoms with Gasteiger partial charge in [0.25, 0.3) is 10.0 Å². The van der Waals surface area contributed by atoms with Gasteiger partial charge in [-0.3, -0.25) is 0 Å². The summed E-state index contributed by atoms with van der Waals surface area (Å²) >= 11 is 0. The van der Waals surface area contributed by atoms with Gasteiger partial charge in [-0.05, 0) is 144 Å². The van der Waals surface area contributed by atoms with E-state index < -0.39 is 27.4 Å². The molecule has 6 aromatic rings. The smallest absolute Gasteiger partial charge is 0.335 e. The minimum absolute atomic E-state index is 0.0180. The highest BCUT2D eigenvalue weighted by Crippen LogP contribution is 2.57.